The third-order valence-corrected chi connectivity index (χ3v) is 4.29. The summed E-state index contributed by atoms with van der Waals surface area (Å²) >= 11 is 1.22. The molecule has 2 atom stereocenters. The Labute approximate surface area is 103 Å². The van der Waals surface area contributed by atoms with Crippen molar-refractivity contribution in [3.8, 4) is 0 Å². The van der Waals surface area contributed by atoms with Gasteiger partial charge in [0.2, 0.25) is 5.95 Å². The molecule has 5 heteroatoms. The van der Waals surface area contributed by atoms with Crippen molar-refractivity contribution in [3.05, 3.63) is 23.6 Å². The fraction of sp³-hybridized carbons (Fsp3) is 0.583. The number of hydrogen-bond acceptors (Lipinski definition) is 2. The Kier molecular flexibility index (Phi) is 3.97. The highest BCUT2D eigenvalue weighted by Crippen LogP contribution is 2.36. The molecule has 1 aromatic heterocycles. The molecule has 1 aromatic rings. The molecule has 0 radical (unpaired) electrons. The number of pyridine rings is 1. The molecule has 0 bridgehead atoms. The Hall–Kier alpha value is -0.710. The first-order valence-corrected chi connectivity index (χ1v) is 6.62. The Morgan fingerprint density at radius 2 is 2.00 bits per heavy atom. The molecule has 0 spiro atoms. The van der Waals surface area contributed by atoms with Gasteiger partial charge in [-0.25, -0.2) is 13.8 Å². The molecule has 0 N–H and O–H groups in total. The third-order valence-electron chi connectivity index (χ3n) is 3.02. The fourth-order valence-electron chi connectivity index (χ4n) is 2.15. The summed E-state index contributed by atoms with van der Waals surface area (Å²) in [4.78, 5) is 3.34. The van der Waals surface area contributed by atoms with Crippen molar-refractivity contribution in [3.63, 3.8) is 0 Å². The molecule has 17 heavy (non-hydrogen) atoms. The lowest BCUT2D eigenvalue weighted by Gasteiger charge is -2.25. The molecule has 1 nitrogen and oxygen atoms in total. The maximum absolute atomic E-state index is 13.4. The van der Waals surface area contributed by atoms with E-state index in [-0.39, 0.29) is 10.3 Å². The molecule has 2 unspecified atom stereocenters. The van der Waals surface area contributed by atoms with Crippen LogP contribution in [0.2, 0.25) is 0 Å². The second kappa shape index (κ2) is 5.29. The highest BCUT2D eigenvalue weighted by Gasteiger charge is 2.22. The molecule has 1 heterocycles. The van der Waals surface area contributed by atoms with Crippen LogP contribution in [0.25, 0.3) is 0 Å². The molecule has 1 aliphatic rings. The quantitative estimate of drug-likeness (QED) is 0.741. The zero-order valence-electron chi connectivity index (χ0n) is 9.55. The van der Waals surface area contributed by atoms with E-state index in [1.54, 1.807) is 0 Å². The van der Waals surface area contributed by atoms with Crippen LogP contribution in [0.5, 0.6) is 0 Å². The lowest BCUT2D eigenvalue weighted by atomic mass is 9.91. The summed E-state index contributed by atoms with van der Waals surface area (Å²) in [5.41, 5.74) is 0. The minimum atomic E-state index is -1.23. The first kappa shape index (κ1) is 12.7. The molecule has 2 rings (SSSR count). The van der Waals surface area contributed by atoms with Gasteiger partial charge in [0.1, 0.15) is 5.03 Å². The van der Waals surface area contributed by atoms with Crippen molar-refractivity contribution in [1.82, 2.24) is 4.98 Å². The van der Waals surface area contributed by atoms with Crippen LogP contribution >= 0.6 is 11.8 Å². The van der Waals surface area contributed by atoms with Gasteiger partial charge in [0.05, 0.1) is 0 Å². The highest BCUT2D eigenvalue weighted by molar-refractivity contribution is 7.99. The lowest BCUT2D eigenvalue weighted by Crippen LogP contribution is -2.15. The number of thioether (sulfide) groups is 1. The van der Waals surface area contributed by atoms with Gasteiger partial charge >= 0.3 is 0 Å². The highest BCUT2D eigenvalue weighted by atomic mass is 32.2. The summed E-state index contributed by atoms with van der Waals surface area (Å²) < 4.78 is 39.0. The van der Waals surface area contributed by atoms with Crippen LogP contribution in [0.3, 0.4) is 0 Å². The largest absolute Gasteiger partial charge is 0.250 e. The SMILES string of the molecule is CC1CCCC(Sc2nc(F)c(F)cc2F)C1. The summed E-state index contributed by atoms with van der Waals surface area (Å²) in [7, 11) is 0. The van der Waals surface area contributed by atoms with Gasteiger partial charge in [-0.05, 0) is 18.8 Å². The Bertz CT molecular complexity index is 411. The topological polar surface area (TPSA) is 12.9 Å². The molecule has 0 amide bonds. The van der Waals surface area contributed by atoms with E-state index in [4.69, 9.17) is 0 Å². The van der Waals surface area contributed by atoms with Crippen molar-refractivity contribution >= 4 is 11.8 Å². The first-order chi connectivity index (χ1) is 8.06. The van der Waals surface area contributed by atoms with Crippen molar-refractivity contribution in [2.75, 3.05) is 0 Å². The predicted molar refractivity (Wildman–Crippen MR) is 61.4 cm³/mol. The summed E-state index contributed by atoms with van der Waals surface area (Å²) in [6, 6.07) is 0.566. The van der Waals surface area contributed by atoms with Gasteiger partial charge in [0, 0.05) is 11.3 Å². The zero-order chi connectivity index (χ0) is 12.4. The minimum absolute atomic E-state index is 0.0250. The van der Waals surface area contributed by atoms with Crippen molar-refractivity contribution in [2.45, 2.75) is 42.9 Å². The van der Waals surface area contributed by atoms with Crippen LogP contribution in [0.15, 0.2) is 11.1 Å². The third kappa shape index (κ3) is 3.15. The van der Waals surface area contributed by atoms with Crippen LogP contribution in [-0.2, 0) is 0 Å². The standard InChI is InChI=1S/C12H14F3NS/c1-7-3-2-4-8(5-7)17-12-10(14)6-9(13)11(15)16-12/h6-8H,2-5H2,1H3. The van der Waals surface area contributed by atoms with Crippen molar-refractivity contribution in [1.29, 1.82) is 0 Å². The van der Waals surface area contributed by atoms with Crippen LogP contribution in [0, 0.1) is 23.5 Å². The van der Waals surface area contributed by atoms with Gasteiger partial charge in [-0.1, -0.05) is 31.5 Å². The van der Waals surface area contributed by atoms with Crippen LogP contribution < -0.4 is 0 Å². The van der Waals surface area contributed by atoms with Gasteiger partial charge in [-0.2, -0.15) is 4.39 Å². The summed E-state index contributed by atoms with van der Waals surface area (Å²) in [6.45, 7) is 2.15. The molecule has 0 aliphatic heterocycles. The average molecular weight is 261 g/mol. The minimum Gasteiger partial charge on any atom is -0.208 e. The molecule has 94 valence electrons. The average Bonchev–Trinajstić information content (AvgIpc) is 2.26. The van der Waals surface area contributed by atoms with Gasteiger partial charge in [0.15, 0.2) is 11.6 Å². The number of rotatable bonds is 2. The van der Waals surface area contributed by atoms with Crippen molar-refractivity contribution < 1.29 is 13.2 Å². The number of nitrogens with zero attached hydrogens (tertiary/aromatic N) is 1. The van der Waals surface area contributed by atoms with E-state index in [9.17, 15) is 13.2 Å². The molecule has 1 saturated carbocycles. The van der Waals surface area contributed by atoms with Crippen molar-refractivity contribution in [2.24, 2.45) is 5.92 Å². The van der Waals surface area contributed by atoms with Crippen LogP contribution in [-0.4, -0.2) is 10.2 Å². The molecular formula is C12H14F3NS. The van der Waals surface area contributed by atoms with Gasteiger partial charge in [-0.15, -0.1) is 0 Å². The van der Waals surface area contributed by atoms with Gasteiger partial charge in [0.25, 0.3) is 0 Å². The normalized spacial score (nSPS) is 24.9. The molecule has 0 aromatic carbocycles. The Balaban J connectivity index is 2.10. The molecule has 0 saturated heterocycles. The van der Waals surface area contributed by atoms with E-state index in [1.165, 1.54) is 18.2 Å². The second-order valence-corrected chi connectivity index (χ2v) is 5.85. The van der Waals surface area contributed by atoms with Crippen LogP contribution in [0.1, 0.15) is 32.6 Å². The lowest BCUT2D eigenvalue weighted by molar-refractivity contribution is 0.393. The van der Waals surface area contributed by atoms with E-state index in [0.29, 0.717) is 12.0 Å². The molecule has 1 aliphatic carbocycles. The maximum atomic E-state index is 13.4. The van der Waals surface area contributed by atoms with Gasteiger partial charge in [-0.3, -0.25) is 0 Å². The Morgan fingerprint density at radius 1 is 1.24 bits per heavy atom. The molecule has 1 fully saturated rings. The zero-order valence-corrected chi connectivity index (χ0v) is 10.4. The number of aromatic nitrogens is 1. The monoisotopic (exact) mass is 261 g/mol. The second-order valence-electron chi connectivity index (χ2n) is 4.56. The summed E-state index contributed by atoms with van der Waals surface area (Å²) in [5, 5.41) is 0.230. The van der Waals surface area contributed by atoms with E-state index >= 15 is 0 Å². The van der Waals surface area contributed by atoms with E-state index < -0.39 is 17.6 Å². The summed E-state index contributed by atoms with van der Waals surface area (Å²) in [5.74, 6) is -2.62. The Morgan fingerprint density at radius 3 is 2.71 bits per heavy atom. The smallest absolute Gasteiger partial charge is 0.208 e. The fourth-order valence-corrected chi connectivity index (χ4v) is 3.48. The van der Waals surface area contributed by atoms with E-state index in [1.807, 2.05) is 0 Å². The van der Waals surface area contributed by atoms with Crippen LogP contribution in [0.4, 0.5) is 13.2 Å². The van der Waals surface area contributed by atoms with E-state index in [0.717, 1.165) is 19.3 Å². The number of hydrogen-bond donors (Lipinski definition) is 0. The maximum Gasteiger partial charge on any atom is 0.250 e. The number of halogens is 3. The van der Waals surface area contributed by atoms with E-state index in [2.05, 4.69) is 11.9 Å². The predicted octanol–water partition coefficient (Wildman–Crippen LogP) is 4.17. The van der Waals surface area contributed by atoms with Gasteiger partial charge < -0.3 is 0 Å². The first-order valence-electron chi connectivity index (χ1n) is 5.74. The molecular weight excluding hydrogens is 247 g/mol. The summed E-state index contributed by atoms with van der Waals surface area (Å²) in [6.07, 6.45) is 4.24.